The van der Waals surface area contributed by atoms with E-state index >= 15 is 0 Å². The van der Waals surface area contributed by atoms with Crippen molar-refractivity contribution in [1.29, 1.82) is 0 Å². The number of nitrogens with zero attached hydrogens (tertiary/aromatic N) is 1. The zero-order chi connectivity index (χ0) is 25.3. The largest absolute Gasteiger partial charge is 0.493 e. The van der Waals surface area contributed by atoms with Gasteiger partial charge in [-0.1, -0.05) is 17.7 Å². The maximum absolute atomic E-state index is 13.0. The van der Waals surface area contributed by atoms with Gasteiger partial charge in [0, 0.05) is 29.0 Å². The number of rotatable bonds is 6. The number of hydrogen-bond donors (Lipinski definition) is 1. The highest BCUT2D eigenvalue weighted by molar-refractivity contribution is 6.35. The van der Waals surface area contributed by atoms with Crippen LogP contribution in [0.3, 0.4) is 0 Å². The highest BCUT2D eigenvalue weighted by atomic mass is 35.5. The average Bonchev–Trinajstić information content (AvgIpc) is 3.12. The van der Waals surface area contributed by atoms with Crippen molar-refractivity contribution < 1.29 is 32.4 Å². The van der Waals surface area contributed by atoms with Crippen molar-refractivity contribution in [3.8, 4) is 11.5 Å². The molecule has 0 unspecified atom stereocenters. The second-order valence-corrected chi connectivity index (χ2v) is 7.92. The minimum absolute atomic E-state index is 0.0473. The standard InChI is InChI=1S/C24H16ClF3N2O5/c1-34-21-10-14(8-18-17-7-4-15(24(26,27)28)11-20(17)29-23(18)31)9-19(25)22(21)35-12-13-2-5-16(6-3-13)30(32)33/h2-11H,12H2,1H3,(H,29,31)/b18-8-. The summed E-state index contributed by atoms with van der Waals surface area (Å²) in [4.78, 5) is 22.7. The molecule has 0 aliphatic carbocycles. The Morgan fingerprint density at radius 1 is 1.11 bits per heavy atom. The normalized spacial score (nSPS) is 14.0. The predicted octanol–water partition coefficient (Wildman–Crippen LogP) is 6.35. The Kier molecular flexibility index (Phi) is 6.40. The smallest absolute Gasteiger partial charge is 0.416 e. The highest BCUT2D eigenvalue weighted by Gasteiger charge is 2.33. The number of methoxy groups -OCH3 is 1. The zero-order valence-electron chi connectivity index (χ0n) is 18.0. The van der Waals surface area contributed by atoms with Crippen LogP contribution in [0.2, 0.25) is 5.02 Å². The summed E-state index contributed by atoms with van der Waals surface area (Å²) >= 11 is 6.39. The highest BCUT2D eigenvalue weighted by Crippen LogP contribution is 2.41. The van der Waals surface area contributed by atoms with Crippen LogP contribution < -0.4 is 14.8 Å². The molecule has 0 radical (unpaired) electrons. The molecule has 180 valence electrons. The molecule has 0 saturated heterocycles. The molecule has 0 atom stereocenters. The van der Waals surface area contributed by atoms with Gasteiger partial charge in [-0.25, -0.2) is 0 Å². The van der Waals surface area contributed by atoms with E-state index in [1.165, 1.54) is 37.5 Å². The summed E-state index contributed by atoms with van der Waals surface area (Å²) in [6, 6.07) is 11.9. The van der Waals surface area contributed by atoms with Crippen LogP contribution in [0.5, 0.6) is 11.5 Å². The molecule has 1 amide bonds. The third-order valence-corrected chi connectivity index (χ3v) is 5.50. The number of carbonyl (C=O) groups is 1. The monoisotopic (exact) mass is 504 g/mol. The SMILES string of the molecule is COc1cc(/C=C2\C(=O)Nc3cc(C(F)(F)F)ccc32)cc(Cl)c1OCc1ccc([N+](=O)[O-])cc1. The van der Waals surface area contributed by atoms with E-state index in [1.807, 2.05) is 0 Å². The first-order chi connectivity index (χ1) is 16.6. The molecule has 0 spiro atoms. The van der Waals surface area contributed by atoms with Crippen molar-refractivity contribution in [3.05, 3.63) is 92.0 Å². The van der Waals surface area contributed by atoms with Crippen LogP contribution in [-0.4, -0.2) is 17.9 Å². The summed E-state index contributed by atoms with van der Waals surface area (Å²) < 4.78 is 50.1. The minimum Gasteiger partial charge on any atom is -0.493 e. The van der Waals surface area contributed by atoms with Gasteiger partial charge in [0.2, 0.25) is 0 Å². The minimum atomic E-state index is -4.53. The van der Waals surface area contributed by atoms with Gasteiger partial charge in [0.25, 0.3) is 11.6 Å². The Labute approximate surface area is 201 Å². The lowest BCUT2D eigenvalue weighted by atomic mass is 10.0. The van der Waals surface area contributed by atoms with Crippen LogP contribution in [-0.2, 0) is 17.6 Å². The summed E-state index contributed by atoms with van der Waals surface area (Å²) in [6.07, 6.45) is -3.04. The summed E-state index contributed by atoms with van der Waals surface area (Å²) in [7, 11) is 1.40. The number of halogens is 4. The Bertz CT molecular complexity index is 1350. The van der Waals surface area contributed by atoms with Gasteiger partial charge in [-0.3, -0.25) is 14.9 Å². The molecule has 0 bridgehead atoms. The van der Waals surface area contributed by atoms with Crippen LogP contribution >= 0.6 is 11.6 Å². The molecule has 4 rings (SSSR count). The number of nitro benzene ring substituents is 1. The van der Waals surface area contributed by atoms with Crippen molar-refractivity contribution >= 4 is 40.5 Å². The molecule has 3 aromatic carbocycles. The van der Waals surface area contributed by atoms with Gasteiger partial charge in [0.1, 0.15) is 6.61 Å². The number of benzene rings is 3. The number of hydrogen-bond acceptors (Lipinski definition) is 5. The van der Waals surface area contributed by atoms with Gasteiger partial charge in [-0.05, 0) is 53.6 Å². The van der Waals surface area contributed by atoms with Crippen molar-refractivity contribution in [1.82, 2.24) is 0 Å². The first-order valence-corrected chi connectivity index (χ1v) is 10.4. The van der Waals surface area contributed by atoms with E-state index in [1.54, 1.807) is 18.2 Å². The molecule has 0 saturated carbocycles. The van der Waals surface area contributed by atoms with Gasteiger partial charge in [0.15, 0.2) is 11.5 Å². The maximum Gasteiger partial charge on any atom is 0.416 e. The lowest BCUT2D eigenvalue weighted by Crippen LogP contribution is -2.06. The van der Waals surface area contributed by atoms with Gasteiger partial charge in [0.05, 0.1) is 22.6 Å². The molecule has 1 heterocycles. The van der Waals surface area contributed by atoms with E-state index in [-0.39, 0.29) is 40.1 Å². The molecular weight excluding hydrogens is 489 g/mol. The van der Waals surface area contributed by atoms with Gasteiger partial charge in [-0.2, -0.15) is 13.2 Å². The molecule has 1 aliphatic rings. The fourth-order valence-electron chi connectivity index (χ4n) is 3.51. The molecular formula is C24H16ClF3N2O5. The first-order valence-electron chi connectivity index (χ1n) is 10.0. The van der Waals surface area contributed by atoms with E-state index in [4.69, 9.17) is 21.1 Å². The second-order valence-electron chi connectivity index (χ2n) is 7.52. The average molecular weight is 505 g/mol. The topological polar surface area (TPSA) is 90.7 Å². The van der Waals surface area contributed by atoms with Crippen LogP contribution in [0.15, 0.2) is 54.6 Å². The molecule has 1 aliphatic heterocycles. The Balaban J connectivity index is 1.60. The third kappa shape index (κ3) is 5.07. The first kappa shape index (κ1) is 24.1. The van der Waals surface area contributed by atoms with E-state index in [2.05, 4.69) is 5.32 Å². The van der Waals surface area contributed by atoms with Crippen molar-refractivity contribution in [2.24, 2.45) is 0 Å². The number of nitro groups is 1. The predicted molar refractivity (Wildman–Crippen MR) is 123 cm³/mol. The van der Waals surface area contributed by atoms with Crippen LogP contribution in [0.1, 0.15) is 22.3 Å². The third-order valence-electron chi connectivity index (χ3n) is 5.22. The van der Waals surface area contributed by atoms with Crippen molar-refractivity contribution in [3.63, 3.8) is 0 Å². The lowest BCUT2D eigenvalue weighted by molar-refractivity contribution is -0.384. The van der Waals surface area contributed by atoms with E-state index in [0.717, 1.165) is 12.1 Å². The van der Waals surface area contributed by atoms with Crippen LogP contribution in [0.25, 0.3) is 11.6 Å². The number of alkyl halides is 3. The van der Waals surface area contributed by atoms with Gasteiger partial charge in [-0.15, -0.1) is 0 Å². The molecule has 35 heavy (non-hydrogen) atoms. The van der Waals surface area contributed by atoms with E-state index < -0.39 is 22.6 Å². The number of ether oxygens (including phenoxy) is 2. The van der Waals surface area contributed by atoms with Crippen molar-refractivity contribution in [2.75, 3.05) is 12.4 Å². The number of nitrogens with one attached hydrogen (secondary N) is 1. The fraction of sp³-hybridized carbons (Fsp3) is 0.125. The molecule has 7 nitrogen and oxygen atoms in total. The molecule has 11 heteroatoms. The quantitative estimate of drug-likeness (QED) is 0.240. The number of amides is 1. The summed E-state index contributed by atoms with van der Waals surface area (Å²) in [5.41, 5.74) is 0.788. The van der Waals surface area contributed by atoms with Crippen LogP contribution in [0, 0.1) is 10.1 Å². The van der Waals surface area contributed by atoms with Crippen molar-refractivity contribution in [2.45, 2.75) is 12.8 Å². The summed E-state index contributed by atoms with van der Waals surface area (Å²) in [6.45, 7) is 0.0613. The number of anilines is 1. The Morgan fingerprint density at radius 3 is 2.46 bits per heavy atom. The van der Waals surface area contributed by atoms with E-state index in [0.29, 0.717) is 16.7 Å². The lowest BCUT2D eigenvalue weighted by Gasteiger charge is -2.14. The Hall–Kier alpha value is -4.05. The Morgan fingerprint density at radius 2 is 1.83 bits per heavy atom. The number of non-ortho nitro benzene ring substituents is 1. The maximum atomic E-state index is 13.0. The summed E-state index contributed by atoms with van der Waals surface area (Å²) in [5.74, 6) is -0.0639. The van der Waals surface area contributed by atoms with E-state index in [9.17, 15) is 28.1 Å². The molecule has 0 fully saturated rings. The zero-order valence-corrected chi connectivity index (χ0v) is 18.7. The number of carbonyl (C=O) groups excluding carboxylic acids is 1. The summed E-state index contributed by atoms with van der Waals surface area (Å²) in [5, 5.41) is 13.4. The molecule has 3 aromatic rings. The van der Waals surface area contributed by atoms with Gasteiger partial charge < -0.3 is 14.8 Å². The van der Waals surface area contributed by atoms with Crippen LogP contribution in [0.4, 0.5) is 24.5 Å². The molecule has 0 aromatic heterocycles. The second kappa shape index (κ2) is 9.30. The van der Waals surface area contributed by atoms with Gasteiger partial charge >= 0.3 is 6.18 Å². The fourth-order valence-corrected chi connectivity index (χ4v) is 3.79. The molecule has 1 N–H and O–H groups in total. The number of fused-ring (bicyclic) bond motifs is 1.